The summed E-state index contributed by atoms with van der Waals surface area (Å²) in [4.78, 5) is 0. The molecule has 0 bridgehead atoms. The second kappa shape index (κ2) is 8.47. The molecule has 1 heterocycles. The van der Waals surface area contributed by atoms with Gasteiger partial charge in [-0.25, -0.2) is 0 Å². The first-order valence-corrected chi connectivity index (χ1v) is 13.1. The van der Waals surface area contributed by atoms with Crippen LogP contribution in [0.4, 0.5) is 0 Å². The molecule has 1 saturated heterocycles. The van der Waals surface area contributed by atoms with Crippen molar-refractivity contribution in [3.63, 3.8) is 0 Å². The van der Waals surface area contributed by atoms with Crippen molar-refractivity contribution >= 4 is 23.7 Å². The predicted molar refractivity (Wildman–Crippen MR) is 133 cm³/mol. The zero-order chi connectivity index (χ0) is 22.8. The Balaban J connectivity index is 1.89. The van der Waals surface area contributed by atoms with E-state index in [0.717, 1.165) is 21.7 Å². The van der Waals surface area contributed by atoms with Gasteiger partial charge in [-0.2, -0.15) is 0 Å². The minimum atomic E-state index is -3.92. The Kier molecular flexibility index (Phi) is 5.49. The zero-order valence-corrected chi connectivity index (χ0v) is 19.2. The van der Waals surface area contributed by atoms with Gasteiger partial charge in [-0.05, 0) is 0 Å². The number of benzene rings is 4. The van der Waals surface area contributed by atoms with Gasteiger partial charge in [-0.15, -0.1) is 0 Å². The Morgan fingerprint density at radius 2 is 1.12 bits per heavy atom. The third-order valence-corrected chi connectivity index (χ3v) is 11.8. The Morgan fingerprint density at radius 1 is 0.697 bits per heavy atom. The van der Waals surface area contributed by atoms with Gasteiger partial charge in [-0.1, -0.05) is 0 Å². The van der Waals surface area contributed by atoms with E-state index in [4.69, 9.17) is 14.0 Å². The normalized spacial score (nSPS) is 22.3. The van der Waals surface area contributed by atoms with Gasteiger partial charge in [0.1, 0.15) is 0 Å². The minimum absolute atomic E-state index is 0.191. The Hall–Kier alpha value is -3.46. The average molecular weight is 454 g/mol. The second-order valence-corrected chi connectivity index (χ2v) is 12.2. The van der Waals surface area contributed by atoms with E-state index in [9.17, 15) is 5.11 Å². The molecule has 4 aromatic carbocycles. The van der Waals surface area contributed by atoms with Crippen LogP contribution in [0.3, 0.4) is 0 Å². The summed E-state index contributed by atoms with van der Waals surface area (Å²) in [7, 11) is 1.36. The van der Waals surface area contributed by atoms with Crippen molar-refractivity contribution in [2.45, 2.75) is 11.8 Å². The molecule has 0 amide bonds. The molecule has 2 atom stereocenters. The molecule has 4 aromatic rings. The quantitative estimate of drug-likeness (QED) is 0.245. The molecule has 0 spiro atoms. The fourth-order valence-electron chi connectivity index (χ4n) is 4.96. The third kappa shape index (κ3) is 3.26. The number of hydrogen-bond donors (Lipinski definition) is 0. The molecular formula is C28H25NO3P-. The number of rotatable bonds is 5. The van der Waals surface area contributed by atoms with Crippen LogP contribution >= 0.6 is 6.98 Å². The van der Waals surface area contributed by atoms with Gasteiger partial charge in [0.2, 0.25) is 0 Å². The van der Waals surface area contributed by atoms with Crippen LogP contribution in [-0.2, 0) is 9.26 Å². The van der Waals surface area contributed by atoms with Crippen LogP contribution in [0, 0.1) is 0 Å². The number of methoxy groups -OCH3 is 1. The molecular weight excluding hydrogens is 429 g/mol. The van der Waals surface area contributed by atoms with Crippen molar-refractivity contribution in [2.75, 3.05) is 7.11 Å². The molecule has 0 saturated carbocycles. The molecule has 0 N–H and O–H groups in total. The standard InChI is InChI=1S/C28H26NO3P/c1-31-28(30)29-33(24-18-10-4-11-19-24,25-20-12-5-13-21-25)27(23-16-8-3-9-17-23)26(32-33)22-14-6-2-7-15-22/h2-21,26-27H,1H3,(H,29,30)/p-1. The monoisotopic (exact) mass is 454 g/mol. The molecule has 1 aliphatic rings. The number of ether oxygens (including phenoxy) is 1. The van der Waals surface area contributed by atoms with E-state index in [-0.39, 0.29) is 11.8 Å². The van der Waals surface area contributed by atoms with Crippen molar-refractivity contribution in [1.82, 2.24) is 0 Å². The van der Waals surface area contributed by atoms with Gasteiger partial charge in [0, 0.05) is 0 Å². The van der Waals surface area contributed by atoms with Gasteiger partial charge in [-0.3, -0.25) is 0 Å². The van der Waals surface area contributed by atoms with Crippen LogP contribution < -0.4 is 15.7 Å². The first-order valence-electron chi connectivity index (χ1n) is 10.9. The fraction of sp³-hybridized carbons (Fsp3) is 0.107. The zero-order valence-electron chi connectivity index (χ0n) is 18.3. The Bertz CT molecular complexity index is 1210. The summed E-state index contributed by atoms with van der Waals surface area (Å²) in [6.07, 6.45) is -0.895. The van der Waals surface area contributed by atoms with E-state index in [1.807, 2.05) is 97.1 Å². The van der Waals surface area contributed by atoms with Crippen molar-refractivity contribution in [2.24, 2.45) is 4.76 Å². The molecule has 1 fully saturated rings. The number of hydrogen-bond acceptors (Lipinski definition) is 4. The summed E-state index contributed by atoms with van der Waals surface area (Å²) in [5.41, 5.74) is 1.94. The fourth-order valence-corrected chi connectivity index (χ4v) is 10.6. The van der Waals surface area contributed by atoms with Crippen LogP contribution in [0.5, 0.6) is 0 Å². The molecule has 0 radical (unpaired) electrons. The van der Waals surface area contributed by atoms with Gasteiger partial charge < -0.3 is 0 Å². The van der Waals surface area contributed by atoms with E-state index < -0.39 is 13.1 Å². The summed E-state index contributed by atoms with van der Waals surface area (Å²) in [6, 6.07) is 40.3. The van der Waals surface area contributed by atoms with E-state index in [1.165, 1.54) is 7.11 Å². The Morgan fingerprint density at radius 3 is 1.58 bits per heavy atom. The SMILES string of the molecule is COC([O-])=NP1(c2ccccc2)(c2ccccc2)OC(c2ccccc2)C1c1ccccc1. The summed E-state index contributed by atoms with van der Waals surface area (Å²) >= 11 is 0. The first kappa shape index (κ1) is 21.4. The van der Waals surface area contributed by atoms with Crippen molar-refractivity contribution in [3.05, 3.63) is 132 Å². The average Bonchev–Trinajstić information content (AvgIpc) is 2.88. The van der Waals surface area contributed by atoms with Crippen LogP contribution in [0.15, 0.2) is 126 Å². The van der Waals surface area contributed by atoms with Gasteiger partial charge in [0.15, 0.2) is 0 Å². The molecule has 0 aromatic heterocycles. The van der Waals surface area contributed by atoms with Crippen LogP contribution in [-0.4, -0.2) is 13.2 Å². The maximum absolute atomic E-state index is 13.0. The van der Waals surface area contributed by atoms with Crippen LogP contribution in [0.2, 0.25) is 0 Å². The second-order valence-electron chi connectivity index (χ2n) is 8.09. The van der Waals surface area contributed by atoms with Crippen LogP contribution in [0.1, 0.15) is 22.9 Å². The molecule has 0 aliphatic carbocycles. The Labute approximate surface area is 194 Å². The number of nitrogens with zero attached hydrogens (tertiary/aromatic N) is 1. The molecule has 5 heteroatoms. The summed E-state index contributed by atoms with van der Waals surface area (Å²) in [5, 5.41) is 14.8. The molecule has 1 aliphatic heterocycles. The van der Waals surface area contributed by atoms with Crippen LogP contribution in [0.25, 0.3) is 0 Å². The molecule has 2 unspecified atom stereocenters. The molecule has 33 heavy (non-hydrogen) atoms. The van der Waals surface area contributed by atoms with Gasteiger partial charge in [0.25, 0.3) is 0 Å². The van der Waals surface area contributed by atoms with E-state index in [0.29, 0.717) is 0 Å². The summed E-state index contributed by atoms with van der Waals surface area (Å²) < 4.78 is 17.1. The van der Waals surface area contributed by atoms with Gasteiger partial charge >= 0.3 is 194 Å². The van der Waals surface area contributed by atoms with Crippen molar-refractivity contribution < 1.29 is 14.4 Å². The third-order valence-electron chi connectivity index (χ3n) is 6.36. The van der Waals surface area contributed by atoms with E-state index in [1.54, 1.807) is 0 Å². The summed E-state index contributed by atoms with van der Waals surface area (Å²) in [6.45, 7) is -3.92. The van der Waals surface area contributed by atoms with Crippen molar-refractivity contribution in [3.8, 4) is 0 Å². The molecule has 5 rings (SSSR count). The molecule has 166 valence electrons. The van der Waals surface area contributed by atoms with E-state index >= 15 is 0 Å². The van der Waals surface area contributed by atoms with Crippen molar-refractivity contribution in [1.29, 1.82) is 0 Å². The predicted octanol–water partition coefficient (Wildman–Crippen LogP) is 4.90. The van der Waals surface area contributed by atoms with Gasteiger partial charge in [0.05, 0.1) is 0 Å². The topological polar surface area (TPSA) is 53.9 Å². The first-order chi connectivity index (χ1) is 16.2. The van der Waals surface area contributed by atoms with E-state index in [2.05, 4.69) is 24.3 Å². The maximum atomic E-state index is 13.0. The molecule has 4 nitrogen and oxygen atoms in total. The summed E-state index contributed by atoms with van der Waals surface area (Å²) in [5.74, 6) is 0.